The number of primary amides is 1. The Hall–Kier alpha value is -6.57. The number of piperazine rings is 1. The zero-order chi connectivity index (χ0) is 44.8. The predicted molar refractivity (Wildman–Crippen MR) is 223 cm³/mol. The summed E-state index contributed by atoms with van der Waals surface area (Å²) in [7, 11) is 0. The predicted octanol–water partition coefficient (Wildman–Crippen LogP) is 5.38. The number of ether oxygens (including phenoxy) is 2. The lowest BCUT2D eigenvalue weighted by Crippen LogP contribution is -2.49. The molecule has 2 heterocycles. The number of carboxylic acids is 1. The first kappa shape index (κ1) is 46.5. The van der Waals surface area contributed by atoms with Crippen molar-refractivity contribution in [3.8, 4) is 0 Å². The number of fused-ring (bicyclic) bond motifs is 1. The molecular formula is C42H50F4N8O8. The van der Waals surface area contributed by atoms with E-state index in [9.17, 15) is 42.3 Å². The number of rotatable bonds is 19. The van der Waals surface area contributed by atoms with Crippen molar-refractivity contribution in [1.82, 2.24) is 25.4 Å². The summed E-state index contributed by atoms with van der Waals surface area (Å²) in [6.07, 6.45) is -6.53. The number of amides is 4. The molecule has 1 saturated heterocycles. The molecule has 2 atom stereocenters. The van der Waals surface area contributed by atoms with E-state index >= 15 is 4.39 Å². The minimum absolute atomic E-state index is 0.0441. The van der Waals surface area contributed by atoms with Crippen LogP contribution in [-0.2, 0) is 29.2 Å². The molecule has 0 unspecified atom stereocenters. The third kappa shape index (κ3) is 13.7. The van der Waals surface area contributed by atoms with Gasteiger partial charge in [-0.15, -0.1) is 0 Å². The number of nitrogens with zero attached hydrogens (tertiary/aromatic N) is 3. The lowest BCUT2D eigenvalue weighted by atomic mass is 10.1. The van der Waals surface area contributed by atoms with Crippen molar-refractivity contribution in [2.75, 3.05) is 56.0 Å². The Labute approximate surface area is 354 Å². The van der Waals surface area contributed by atoms with Crippen molar-refractivity contribution in [3.05, 3.63) is 106 Å². The fourth-order valence-electron chi connectivity index (χ4n) is 7.00. The number of aryl methyl sites for hydroxylation is 1. The number of hydrogen-bond donors (Lipinski definition) is 6. The summed E-state index contributed by atoms with van der Waals surface area (Å²) in [4.78, 5) is 64.1. The van der Waals surface area contributed by atoms with Crippen LogP contribution in [-0.4, -0.2) is 103 Å². The quantitative estimate of drug-likeness (QED) is 0.0521. The number of hydrogen-bond acceptors (Lipinski definition) is 10. The first-order valence-corrected chi connectivity index (χ1v) is 20.0. The molecule has 7 N–H and O–H groups in total. The maximum atomic E-state index is 15.3. The highest BCUT2D eigenvalue weighted by Crippen LogP contribution is 2.27. The van der Waals surface area contributed by atoms with Crippen LogP contribution in [0.2, 0.25) is 0 Å². The van der Waals surface area contributed by atoms with Gasteiger partial charge >= 0.3 is 30.4 Å². The number of carbonyl (C=O) groups is 4. The van der Waals surface area contributed by atoms with Crippen LogP contribution in [0.15, 0.2) is 77.6 Å². The second-order valence-corrected chi connectivity index (χ2v) is 14.6. The average Bonchev–Trinajstić information content (AvgIpc) is 3.24. The molecule has 334 valence electrons. The number of alkyl carbamates (subject to hydrolysis) is 1. The number of urea groups is 1. The Kier molecular flexibility index (Phi) is 16.3. The summed E-state index contributed by atoms with van der Waals surface area (Å²) >= 11 is 0. The molecule has 62 heavy (non-hydrogen) atoms. The molecule has 1 aliphatic heterocycles. The van der Waals surface area contributed by atoms with Crippen LogP contribution in [0.5, 0.6) is 0 Å². The van der Waals surface area contributed by atoms with Crippen molar-refractivity contribution in [3.63, 3.8) is 0 Å². The molecule has 0 saturated carbocycles. The number of aromatic nitrogens is 1. The van der Waals surface area contributed by atoms with Gasteiger partial charge in [0.2, 0.25) is 0 Å². The second kappa shape index (κ2) is 21.8. The molecule has 1 aliphatic rings. The zero-order valence-corrected chi connectivity index (χ0v) is 34.0. The molecule has 0 spiro atoms. The van der Waals surface area contributed by atoms with Gasteiger partial charge in [0.15, 0.2) is 5.43 Å². The molecule has 0 radical (unpaired) electrons. The minimum Gasteiger partial charge on any atom is -0.477 e. The van der Waals surface area contributed by atoms with Crippen molar-refractivity contribution in [2.45, 2.75) is 64.2 Å². The molecular weight excluding hydrogens is 821 g/mol. The number of alkyl halides is 3. The lowest BCUT2D eigenvalue weighted by molar-refractivity contribution is -0.139. The molecule has 20 heteroatoms. The molecule has 4 amide bonds. The first-order valence-electron chi connectivity index (χ1n) is 20.0. The topological polar surface area (TPSA) is 210 Å². The fourth-order valence-corrected chi connectivity index (χ4v) is 7.00. The third-order valence-corrected chi connectivity index (χ3v) is 10.2. The molecule has 1 aromatic heterocycles. The Morgan fingerprint density at radius 1 is 0.887 bits per heavy atom. The normalized spacial score (nSPS) is 13.9. The number of pyridine rings is 1. The van der Waals surface area contributed by atoms with Crippen molar-refractivity contribution >= 4 is 46.5 Å². The standard InChI is InChI=1S/C42H50F4N8O8/c1-2-54-34-20-35(33(43)19-32(34)37(55)21-36(54)38(56)57)52-15-17-53(18-16-52)41(60)62-26-28-10-12-29(13-11-28)49-23-30(9-6-14-48-39(47)58)50-24-31(22-42(44,45)46)51-40(59)61-25-27-7-4-3-5-8-27/h3-5,7-8,10-13,19-21,30-31,49-50H,2,6,9,14-18,22-26H2,1H3,(H,51,59)(H,56,57)(H3,47,48,58)/t30-,31+/m1/s1. The highest BCUT2D eigenvalue weighted by Gasteiger charge is 2.33. The van der Waals surface area contributed by atoms with E-state index in [4.69, 9.17) is 15.2 Å². The number of aromatic carboxylic acids is 1. The van der Waals surface area contributed by atoms with E-state index in [0.717, 1.165) is 12.1 Å². The number of halogens is 4. The zero-order valence-electron chi connectivity index (χ0n) is 34.0. The van der Waals surface area contributed by atoms with Gasteiger partial charge in [0.25, 0.3) is 0 Å². The highest BCUT2D eigenvalue weighted by molar-refractivity contribution is 5.91. The molecule has 1 fully saturated rings. The van der Waals surface area contributed by atoms with E-state index < -0.39 is 60.1 Å². The molecule has 0 aliphatic carbocycles. The van der Waals surface area contributed by atoms with E-state index in [1.807, 2.05) is 0 Å². The van der Waals surface area contributed by atoms with Gasteiger partial charge in [-0.2, -0.15) is 13.2 Å². The van der Waals surface area contributed by atoms with E-state index in [1.54, 1.807) is 66.4 Å². The number of carbonyl (C=O) groups excluding carboxylic acids is 3. The monoisotopic (exact) mass is 870 g/mol. The molecule has 4 aromatic rings. The van der Waals surface area contributed by atoms with E-state index in [0.29, 0.717) is 35.2 Å². The van der Waals surface area contributed by atoms with E-state index in [1.165, 1.54) is 15.5 Å². The Balaban J connectivity index is 1.12. The third-order valence-electron chi connectivity index (χ3n) is 10.2. The smallest absolute Gasteiger partial charge is 0.410 e. The summed E-state index contributed by atoms with van der Waals surface area (Å²) < 4.78 is 67.8. The SMILES string of the molecule is CCn1c(C(=O)O)cc(=O)c2cc(F)c(N3CCN(C(=O)OCc4ccc(NC[C@@H](CCCNC(N)=O)NC[C@H](CC(F)(F)F)NC(=O)OCc5ccccc5)cc4)CC3)cc21. The van der Waals surface area contributed by atoms with Crippen LogP contribution in [0, 0.1) is 5.82 Å². The van der Waals surface area contributed by atoms with Gasteiger partial charge < -0.3 is 55.9 Å². The summed E-state index contributed by atoms with van der Waals surface area (Å²) in [6.45, 7) is 3.04. The van der Waals surface area contributed by atoms with Crippen LogP contribution >= 0.6 is 0 Å². The Bertz CT molecular complexity index is 2220. The molecule has 16 nitrogen and oxygen atoms in total. The van der Waals surface area contributed by atoms with Crippen LogP contribution in [0.25, 0.3) is 10.9 Å². The largest absolute Gasteiger partial charge is 0.477 e. The second-order valence-electron chi connectivity index (χ2n) is 14.6. The van der Waals surface area contributed by atoms with Gasteiger partial charge in [0.1, 0.15) is 24.7 Å². The van der Waals surface area contributed by atoms with Crippen molar-refractivity contribution in [1.29, 1.82) is 0 Å². The summed E-state index contributed by atoms with van der Waals surface area (Å²) in [6, 6.07) is 16.8. The van der Waals surface area contributed by atoms with Crippen LogP contribution < -0.4 is 37.3 Å². The number of anilines is 2. The maximum Gasteiger partial charge on any atom is 0.410 e. The van der Waals surface area contributed by atoms with Crippen LogP contribution in [0.4, 0.5) is 43.3 Å². The van der Waals surface area contributed by atoms with Gasteiger partial charge in [-0.25, -0.2) is 23.6 Å². The maximum absolute atomic E-state index is 15.3. The van der Waals surface area contributed by atoms with Gasteiger partial charge in [-0.05, 0) is 55.2 Å². The number of benzene rings is 3. The summed E-state index contributed by atoms with van der Waals surface area (Å²) in [5.74, 6) is -1.91. The summed E-state index contributed by atoms with van der Waals surface area (Å²) in [5.41, 5.74) is 6.87. The average molecular weight is 871 g/mol. The number of nitrogens with one attached hydrogen (secondary N) is 4. The molecule has 5 rings (SSSR count). The van der Waals surface area contributed by atoms with Gasteiger partial charge in [-0.3, -0.25) is 4.79 Å². The van der Waals surface area contributed by atoms with E-state index in [2.05, 4.69) is 21.3 Å². The van der Waals surface area contributed by atoms with Crippen molar-refractivity contribution in [2.24, 2.45) is 5.73 Å². The first-order chi connectivity index (χ1) is 29.6. The summed E-state index contributed by atoms with van der Waals surface area (Å²) in [5, 5.41) is 20.8. The van der Waals surface area contributed by atoms with Crippen LogP contribution in [0.1, 0.15) is 47.8 Å². The Morgan fingerprint density at radius 2 is 1.56 bits per heavy atom. The minimum atomic E-state index is -4.57. The van der Waals surface area contributed by atoms with Crippen LogP contribution in [0.3, 0.4) is 0 Å². The highest BCUT2D eigenvalue weighted by atomic mass is 19.4. The van der Waals surface area contributed by atoms with Gasteiger partial charge in [-0.1, -0.05) is 42.5 Å². The Morgan fingerprint density at radius 3 is 2.21 bits per heavy atom. The van der Waals surface area contributed by atoms with Gasteiger partial charge in [0, 0.05) is 75.5 Å². The van der Waals surface area contributed by atoms with Gasteiger partial charge in [0.05, 0.1) is 23.7 Å². The molecule has 3 aromatic carbocycles. The fraction of sp³-hybridized carbons (Fsp3) is 0.405. The van der Waals surface area contributed by atoms with Crippen molar-refractivity contribution < 1.29 is 51.3 Å². The lowest BCUT2D eigenvalue weighted by Gasteiger charge is -2.35. The molecule has 0 bridgehead atoms. The number of nitrogens with two attached hydrogens (primary N) is 1. The number of carboxylic acid groups (broad SMARTS) is 1. The van der Waals surface area contributed by atoms with E-state index in [-0.39, 0.29) is 82.3 Å².